The lowest BCUT2D eigenvalue weighted by atomic mass is 9.96. The number of nitriles is 1. The van der Waals surface area contributed by atoms with E-state index >= 15 is 0 Å². The van der Waals surface area contributed by atoms with Crippen molar-refractivity contribution in [3.05, 3.63) is 60.2 Å². The molecule has 0 N–H and O–H groups in total. The second-order valence-corrected chi connectivity index (χ2v) is 11.4. The lowest BCUT2D eigenvalue weighted by Gasteiger charge is -2.34. The third-order valence-corrected chi connectivity index (χ3v) is 6.77. The predicted molar refractivity (Wildman–Crippen MR) is 160 cm³/mol. The number of likely N-dealkylation sites (N-methyl/N-ethyl adjacent to an activating group) is 1. The third kappa shape index (κ3) is 7.72. The Morgan fingerprint density at radius 1 is 0.868 bits per heavy atom. The van der Waals surface area contributed by atoms with Crippen molar-refractivity contribution in [3.63, 3.8) is 0 Å². The summed E-state index contributed by atoms with van der Waals surface area (Å²) in [5.74, 6) is 0.612. The van der Waals surface area contributed by atoms with Crippen LogP contribution in [0.25, 0.3) is 21.9 Å². The van der Waals surface area contributed by atoms with E-state index in [2.05, 4.69) is 80.1 Å². The monoisotopic (exact) mass is 515 g/mol. The van der Waals surface area contributed by atoms with Crippen LogP contribution in [0.1, 0.15) is 60.5 Å². The first-order chi connectivity index (χ1) is 18.0. The first-order valence-electron chi connectivity index (χ1n) is 13.9. The molecular formula is C33H45N3O2. The Morgan fingerprint density at radius 3 is 2.18 bits per heavy atom. The molecule has 0 radical (unpaired) electrons. The first-order valence-corrected chi connectivity index (χ1v) is 13.9. The van der Waals surface area contributed by atoms with E-state index in [-0.39, 0.29) is 5.60 Å². The molecule has 1 aliphatic rings. The highest BCUT2D eigenvalue weighted by Crippen LogP contribution is 2.35. The van der Waals surface area contributed by atoms with E-state index < -0.39 is 5.60 Å². The van der Waals surface area contributed by atoms with Crippen molar-refractivity contribution in [2.24, 2.45) is 0 Å². The van der Waals surface area contributed by atoms with E-state index in [9.17, 15) is 5.26 Å². The number of benzene rings is 3. The van der Waals surface area contributed by atoms with Gasteiger partial charge >= 0.3 is 0 Å². The van der Waals surface area contributed by atoms with E-state index in [4.69, 9.17) is 9.47 Å². The fourth-order valence-corrected chi connectivity index (χ4v) is 4.59. The van der Waals surface area contributed by atoms with Gasteiger partial charge in [0.25, 0.3) is 0 Å². The Hall–Kier alpha value is -3.07. The molecule has 0 aromatic heterocycles. The van der Waals surface area contributed by atoms with Crippen LogP contribution in [0, 0.1) is 11.3 Å². The van der Waals surface area contributed by atoms with Gasteiger partial charge in [-0.05, 0) is 82.3 Å². The molecule has 4 rings (SSSR count). The lowest BCUT2D eigenvalue weighted by Crippen LogP contribution is -2.44. The van der Waals surface area contributed by atoms with Gasteiger partial charge < -0.3 is 19.3 Å². The molecule has 1 aliphatic heterocycles. The van der Waals surface area contributed by atoms with E-state index in [1.165, 1.54) is 16.5 Å². The molecule has 1 heterocycles. The van der Waals surface area contributed by atoms with Gasteiger partial charge in [-0.1, -0.05) is 44.2 Å². The molecule has 0 bridgehead atoms. The van der Waals surface area contributed by atoms with E-state index in [1.54, 1.807) is 0 Å². The van der Waals surface area contributed by atoms with Crippen LogP contribution in [-0.4, -0.2) is 55.9 Å². The van der Waals surface area contributed by atoms with Crippen molar-refractivity contribution in [1.82, 2.24) is 4.90 Å². The molecule has 5 heteroatoms. The number of ether oxygens (including phenoxy) is 2. The Kier molecular flexibility index (Phi) is 9.82. The highest BCUT2D eigenvalue weighted by atomic mass is 16.5. The van der Waals surface area contributed by atoms with Crippen LogP contribution >= 0.6 is 0 Å². The number of rotatable bonds is 7. The fourth-order valence-electron chi connectivity index (χ4n) is 4.59. The number of piperazine rings is 1. The van der Waals surface area contributed by atoms with Crippen molar-refractivity contribution in [3.8, 4) is 22.9 Å². The van der Waals surface area contributed by atoms with Gasteiger partial charge in [-0.25, -0.2) is 0 Å². The summed E-state index contributed by atoms with van der Waals surface area (Å²) < 4.78 is 12.3. The molecule has 0 aliphatic carbocycles. The predicted octanol–water partition coefficient (Wildman–Crippen LogP) is 7.52. The summed E-state index contributed by atoms with van der Waals surface area (Å²) in [6.45, 7) is 19.1. The zero-order valence-electron chi connectivity index (χ0n) is 24.6. The summed E-state index contributed by atoms with van der Waals surface area (Å²) in [7, 11) is 2.18. The maximum absolute atomic E-state index is 10.1. The molecule has 5 nitrogen and oxygen atoms in total. The quantitative estimate of drug-likeness (QED) is 0.326. The highest BCUT2D eigenvalue weighted by molar-refractivity contribution is 5.91. The average molecular weight is 516 g/mol. The molecule has 38 heavy (non-hydrogen) atoms. The molecule has 3 aromatic carbocycles. The molecule has 0 amide bonds. The first kappa shape index (κ1) is 29.5. The van der Waals surface area contributed by atoms with Crippen molar-refractivity contribution in [1.29, 1.82) is 5.26 Å². The molecule has 3 aromatic rings. The van der Waals surface area contributed by atoms with Crippen molar-refractivity contribution >= 4 is 16.5 Å². The molecule has 1 fully saturated rings. The zero-order chi connectivity index (χ0) is 27.9. The number of hydrogen-bond donors (Lipinski definition) is 0. The lowest BCUT2D eigenvalue weighted by molar-refractivity contribution is -0.0293. The maximum atomic E-state index is 10.1. The van der Waals surface area contributed by atoms with Gasteiger partial charge in [-0.2, -0.15) is 5.26 Å². The van der Waals surface area contributed by atoms with Crippen LogP contribution in [0.4, 0.5) is 5.69 Å². The smallest absolute Gasteiger partial charge is 0.138 e. The number of hydrogen-bond acceptors (Lipinski definition) is 5. The molecule has 204 valence electrons. The summed E-state index contributed by atoms with van der Waals surface area (Å²) in [6, 6.07) is 21.4. The van der Waals surface area contributed by atoms with Gasteiger partial charge in [0, 0.05) is 43.9 Å². The molecule has 0 spiro atoms. The largest absolute Gasteiger partial charge is 0.486 e. The van der Waals surface area contributed by atoms with Crippen molar-refractivity contribution in [2.75, 3.05) is 44.7 Å². The standard InChI is InChI=1S/C31H39N3O2.C2H6/c1-30(2,3)35-19-14-31(4,5)36-29-9-7-8-27(28(29)22-32)25-11-10-24-21-26(13-12-23(24)20-25)34-17-15-33(6)16-18-34;1-2/h7-13,20-21H,14-19H2,1-6H3;1-2H3. The minimum Gasteiger partial charge on any atom is -0.486 e. The van der Waals surface area contributed by atoms with Crippen LogP contribution in [-0.2, 0) is 4.74 Å². The second-order valence-electron chi connectivity index (χ2n) is 11.4. The maximum Gasteiger partial charge on any atom is 0.138 e. The number of fused-ring (bicyclic) bond motifs is 1. The molecular weight excluding hydrogens is 470 g/mol. The van der Waals surface area contributed by atoms with Gasteiger partial charge in [-0.3, -0.25) is 0 Å². The fraction of sp³-hybridized carbons (Fsp3) is 0.485. The van der Waals surface area contributed by atoms with Crippen LogP contribution in [0.3, 0.4) is 0 Å². The van der Waals surface area contributed by atoms with Crippen LogP contribution in [0.5, 0.6) is 5.75 Å². The van der Waals surface area contributed by atoms with Crippen LogP contribution < -0.4 is 9.64 Å². The summed E-state index contributed by atoms with van der Waals surface area (Å²) in [4.78, 5) is 4.82. The van der Waals surface area contributed by atoms with Gasteiger partial charge in [0.15, 0.2) is 0 Å². The topological polar surface area (TPSA) is 48.7 Å². The Bertz CT molecular complexity index is 1250. The third-order valence-electron chi connectivity index (χ3n) is 6.77. The minimum atomic E-state index is -0.460. The zero-order valence-corrected chi connectivity index (χ0v) is 24.6. The second kappa shape index (κ2) is 12.7. The van der Waals surface area contributed by atoms with Crippen LogP contribution in [0.15, 0.2) is 54.6 Å². The van der Waals surface area contributed by atoms with E-state index in [0.29, 0.717) is 17.9 Å². The van der Waals surface area contributed by atoms with E-state index in [1.807, 2.05) is 45.9 Å². The SMILES string of the molecule is CC.CN1CCN(c2ccc3cc(-c4cccc(OC(C)(C)CCOC(C)(C)C)c4C#N)ccc3c2)CC1. The molecule has 0 unspecified atom stereocenters. The van der Waals surface area contributed by atoms with Crippen molar-refractivity contribution in [2.45, 2.75) is 66.1 Å². The average Bonchev–Trinajstić information content (AvgIpc) is 2.88. The van der Waals surface area contributed by atoms with Crippen LogP contribution in [0.2, 0.25) is 0 Å². The molecule has 1 saturated heterocycles. The van der Waals surface area contributed by atoms with E-state index in [0.717, 1.165) is 43.7 Å². The van der Waals surface area contributed by atoms with Gasteiger partial charge in [0.05, 0.1) is 12.2 Å². The summed E-state index contributed by atoms with van der Waals surface area (Å²) >= 11 is 0. The Morgan fingerprint density at radius 2 is 1.53 bits per heavy atom. The Balaban J connectivity index is 0.00000195. The number of anilines is 1. The van der Waals surface area contributed by atoms with Crippen molar-refractivity contribution < 1.29 is 9.47 Å². The molecule has 0 saturated carbocycles. The molecule has 0 atom stereocenters. The summed E-state index contributed by atoms with van der Waals surface area (Å²) in [5, 5.41) is 12.5. The summed E-state index contributed by atoms with van der Waals surface area (Å²) in [6.07, 6.45) is 0.727. The van der Waals surface area contributed by atoms with Gasteiger partial charge in [0.1, 0.15) is 23.0 Å². The number of nitrogens with zero attached hydrogens (tertiary/aromatic N) is 3. The minimum absolute atomic E-state index is 0.185. The van der Waals surface area contributed by atoms with Gasteiger partial charge in [0.2, 0.25) is 0 Å². The normalized spacial score (nSPS) is 14.6. The Labute approximate surface area is 230 Å². The highest BCUT2D eigenvalue weighted by Gasteiger charge is 2.24. The van der Waals surface area contributed by atoms with Gasteiger partial charge in [-0.15, -0.1) is 0 Å². The summed E-state index contributed by atoms with van der Waals surface area (Å²) in [5.41, 5.74) is 3.10.